The highest BCUT2D eigenvalue weighted by atomic mass is 35.5. The Hall–Kier alpha value is -3.24. The summed E-state index contributed by atoms with van der Waals surface area (Å²) in [7, 11) is 0. The third-order valence-electron chi connectivity index (χ3n) is 5.72. The molecule has 3 aromatic carbocycles. The van der Waals surface area contributed by atoms with Gasteiger partial charge in [-0.2, -0.15) is 0 Å². The predicted octanol–water partition coefficient (Wildman–Crippen LogP) is 5.61. The molecule has 4 nitrogen and oxygen atoms in total. The molecule has 2 bridgehead atoms. The normalized spacial score (nSPS) is 21.6. The van der Waals surface area contributed by atoms with Crippen molar-refractivity contribution in [3.05, 3.63) is 105 Å². The average Bonchev–Trinajstić information content (AvgIpc) is 2.75. The zero-order chi connectivity index (χ0) is 19.6. The summed E-state index contributed by atoms with van der Waals surface area (Å²) >= 11 is 6.25. The van der Waals surface area contributed by atoms with Gasteiger partial charge in [-0.05, 0) is 24.3 Å². The SMILES string of the molecule is O=c1oc2ccc(Cl)cc2c2c1C1CC(c3ccccc3)(Oc3ccccc31)O2. The minimum Gasteiger partial charge on any atom is -0.448 e. The molecule has 142 valence electrons. The lowest BCUT2D eigenvalue weighted by Gasteiger charge is -2.46. The molecule has 0 saturated heterocycles. The Balaban J connectivity index is 1.71. The van der Waals surface area contributed by atoms with Crippen molar-refractivity contribution in [3.63, 3.8) is 0 Å². The van der Waals surface area contributed by atoms with E-state index in [0.29, 0.717) is 39.5 Å². The Kier molecular flexibility index (Phi) is 3.38. The number of para-hydroxylation sites is 1. The highest BCUT2D eigenvalue weighted by Gasteiger charge is 2.51. The van der Waals surface area contributed by atoms with Gasteiger partial charge in [0.2, 0.25) is 0 Å². The van der Waals surface area contributed by atoms with Crippen LogP contribution in [0.25, 0.3) is 11.0 Å². The molecule has 2 atom stereocenters. The second-order valence-corrected chi connectivity index (χ2v) is 7.83. The summed E-state index contributed by atoms with van der Waals surface area (Å²) in [5.41, 5.74) is 2.42. The van der Waals surface area contributed by atoms with Gasteiger partial charge in [-0.15, -0.1) is 0 Å². The Morgan fingerprint density at radius 1 is 0.931 bits per heavy atom. The first-order chi connectivity index (χ1) is 14.1. The molecule has 0 aliphatic carbocycles. The average molecular weight is 403 g/mol. The molecule has 1 aromatic heterocycles. The molecule has 2 unspecified atom stereocenters. The second kappa shape index (κ2) is 5.88. The summed E-state index contributed by atoms with van der Waals surface area (Å²) in [6.45, 7) is 0. The number of benzene rings is 3. The van der Waals surface area contributed by atoms with E-state index in [1.165, 1.54) is 0 Å². The molecular formula is C24H15ClO4. The first-order valence-corrected chi connectivity index (χ1v) is 9.81. The Morgan fingerprint density at radius 3 is 2.59 bits per heavy atom. The van der Waals surface area contributed by atoms with Gasteiger partial charge in [0.1, 0.15) is 17.1 Å². The minimum atomic E-state index is -1.03. The van der Waals surface area contributed by atoms with Gasteiger partial charge in [0.05, 0.1) is 10.9 Å². The van der Waals surface area contributed by atoms with Crippen molar-refractivity contribution in [3.8, 4) is 11.5 Å². The molecule has 0 amide bonds. The second-order valence-electron chi connectivity index (χ2n) is 7.39. The van der Waals surface area contributed by atoms with Crippen molar-refractivity contribution < 1.29 is 13.9 Å². The topological polar surface area (TPSA) is 48.7 Å². The largest absolute Gasteiger partial charge is 0.448 e. The van der Waals surface area contributed by atoms with Crippen LogP contribution in [0, 0.1) is 0 Å². The quantitative estimate of drug-likeness (QED) is 0.388. The molecule has 6 rings (SSSR count). The van der Waals surface area contributed by atoms with Crippen LogP contribution in [0.3, 0.4) is 0 Å². The van der Waals surface area contributed by atoms with E-state index in [0.717, 1.165) is 11.1 Å². The van der Waals surface area contributed by atoms with Gasteiger partial charge in [-0.25, -0.2) is 4.79 Å². The van der Waals surface area contributed by atoms with E-state index in [-0.39, 0.29) is 5.92 Å². The van der Waals surface area contributed by atoms with Crippen molar-refractivity contribution in [1.82, 2.24) is 0 Å². The molecule has 2 aliphatic rings. The van der Waals surface area contributed by atoms with E-state index in [1.807, 2.05) is 54.6 Å². The van der Waals surface area contributed by atoms with Gasteiger partial charge < -0.3 is 13.9 Å². The highest BCUT2D eigenvalue weighted by molar-refractivity contribution is 6.31. The third-order valence-corrected chi connectivity index (χ3v) is 5.96. The number of rotatable bonds is 1. The minimum absolute atomic E-state index is 0.205. The summed E-state index contributed by atoms with van der Waals surface area (Å²) in [6.07, 6.45) is 0.484. The third kappa shape index (κ3) is 2.36. The van der Waals surface area contributed by atoms with Gasteiger partial charge in [0.25, 0.3) is 5.79 Å². The Labute approximate surface area is 171 Å². The maximum Gasteiger partial charge on any atom is 0.343 e. The van der Waals surface area contributed by atoms with E-state index in [9.17, 15) is 4.79 Å². The van der Waals surface area contributed by atoms with E-state index in [1.54, 1.807) is 18.2 Å². The number of hydrogen-bond acceptors (Lipinski definition) is 4. The fraction of sp³-hybridized carbons (Fsp3) is 0.125. The molecule has 4 aromatic rings. The number of hydrogen-bond donors (Lipinski definition) is 0. The van der Waals surface area contributed by atoms with Gasteiger partial charge in [-0.3, -0.25) is 0 Å². The summed E-state index contributed by atoms with van der Waals surface area (Å²) in [5.74, 6) is -0.0446. The van der Waals surface area contributed by atoms with Crippen LogP contribution in [0.15, 0.2) is 82.0 Å². The van der Waals surface area contributed by atoms with Crippen LogP contribution in [0.5, 0.6) is 11.5 Å². The maximum atomic E-state index is 13.0. The fourth-order valence-electron chi connectivity index (χ4n) is 4.44. The number of fused-ring (bicyclic) bond motifs is 8. The highest BCUT2D eigenvalue weighted by Crippen LogP contribution is 2.55. The van der Waals surface area contributed by atoms with Crippen molar-refractivity contribution in [2.24, 2.45) is 0 Å². The van der Waals surface area contributed by atoms with Crippen molar-refractivity contribution in [2.75, 3.05) is 0 Å². The van der Waals surface area contributed by atoms with Crippen molar-refractivity contribution in [1.29, 1.82) is 0 Å². The summed E-state index contributed by atoms with van der Waals surface area (Å²) in [5, 5.41) is 1.21. The van der Waals surface area contributed by atoms with E-state index in [4.69, 9.17) is 25.5 Å². The molecule has 0 spiro atoms. The summed E-state index contributed by atoms with van der Waals surface area (Å²) in [6, 6.07) is 22.8. The van der Waals surface area contributed by atoms with E-state index in [2.05, 4.69) is 0 Å². The van der Waals surface area contributed by atoms with Crippen molar-refractivity contribution in [2.45, 2.75) is 18.1 Å². The molecule has 29 heavy (non-hydrogen) atoms. The van der Waals surface area contributed by atoms with Gasteiger partial charge >= 0.3 is 5.63 Å². The standard InChI is InChI=1S/C24H15ClO4/c25-15-10-11-19-17(12-15)22-21(23(26)27-19)18-13-24(29-22,14-6-2-1-3-7-14)28-20-9-5-4-8-16(18)20/h1-12,18H,13H2. The molecule has 0 N–H and O–H groups in total. The zero-order valence-electron chi connectivity index (χ0n) is 15.2. The zero-order valence-corrected chi connectivity index (χ0v) is 16.0. The van der Waals surface area contributed by atoms with Gasteiger partial charge in [0, 0.05) is 28.5 Å². The molecule has 3 heterocycles. The monoisotopic (exact) mass is 402 g/mol. The predicted molar refractivity (Wildman–Crippen MR) is 110 cm³/mol. The van der Waals surface area contributed by atoms with Crippen LogP contribution < -0.4 is 15.1 Å². The Bertz CT molecular complexity index is 1330. The lowest BCUT2D eigenvalue weighted by molar-refractivity contribution is -0.148. The number of ether oxygens (including phenoxy) is 2. The van der Waals surface area contributed by atoms with E-state index >= 15 is 0 Å². The smallest absolute Gasteiger partial charge is 0.343 e. The first-order valence-electron chi connectivity index (χ1n) is 9.43. The van der Waals surface area contributed by atoms with Crippen LogP contribution in [0.1, 0.15) is 29.0 Å². The lowest BCUT2D eigenvalue weighted by Crippen LogP contribution is -2.48. The molecule has 0 saturated carbocycles. The number of halogens is 1. The van der Waals surface area contributed by atoms with Crippen LogP contribution in [-0.4, -0.2) is 0 Å². The van der Waals surface area contributed by atoms with Crippen LogP contribution >= 0.6 is 11.6 Å². The van der Waals surface area contributed by atoms with Gasteiger partial charge in [-0.1, -0.05) is 60.1 Å². The summed E-state index contributed by atoms with van der Waals surface area (Å²) < 4.78 is 18.6. The van der Waals surface area contributed by atoms with Crippen molar-refractivity contribution >= 4 is 22.6 Å². The summed E-state index contributed by atoms with van der Waals surface area (Å²) in [4.78, 5) is 13.0. The lowest BCUT2D eigenvalue weighted by atomic mass is 9.78. The van der Waals surface area contributed by atoms with E-state index < -0.39 is 11.4 Å². The molecule has 5 heteroatoms. The maximum absolute atomic E-state index is 13.0. The molecule has 0 fully saturated rings. The molecule has 2 aliphatic heterocycles. The molecular weight excluding hydrogens is 388 g/mol. The van der Waals surface area contributed by atoms with Crippen LogP contribution in [-0.2, 0) is 5.79 Å². The molecule has 0 radical (unpaired) electrons. The first kappa shape index (κ1) is 16.7. The Morgan fingerprint density at radius 2 is 1.72 bits per heavy atom. The van der Waals surface area contributed by atoms with Crippen LogP contribution in [0.4, 0.5) is 0 Å². The van der Waals surface area contributed by atoms with Crippen LogP contribution in [0.2, 0.25) is 5.02 Å². The van der Waals surface area contributed by atoms with Gasteiger partial charge in [0.15, 0.2) is 0 Å². The fourth-order valence-corrected chi connectivity index (χ4v) is 4.62.